The molecule has 5 nitrogen and oxygen atoms in total. The number of ether oxygens (including phenoxy) is 2. The molecule has 0 aliphatic rings. The van der Waals surface area contributed by atoms with Gasteiger partial charge in [-0.15, -0.1) is 0 Å². The zero-order valence-electron chi connectivity index (χ0n) is 16.7. The summed E-state index contributed by atoms with van der Waals surface area (Å²) in [7, 11) is 1.86. The maximum absolute atomic E-state index is 12.0. The molecule has 26 heavy (non-hydrogen) atoms. The first-order chi connectivity index (χ1) is 12.2. The molecule has 0 amide bonds. The van der Waals surface area contributed by atoms with Crippen LogP contribution in [0.2, 0.25) is 0 Å². The van der Waals surface area contributed by atoms with Crippen LogP contribution in [0.5, 0.6) is 5.75 Å². The maximum Gasteiger partial charge on any atom is 0.320 e. The molecule has 0 spiro atoms. The summed E-state index contributed by atoms with van der Waals surface area (Å²) in [5, 5.41) is 9.14. The Bertz CT molecular complexity index is 585. The number of nitrogens with zero attached hydrogens (tertiary/aromatic N) is 2. The van der Waals surface area contributed by atoms with E-state index in [-0.39, 0.29) is 18.6 Å². The summed E-state index contributed by atoms with van der Waals surface area (Å²) in [6, 6.07) is 10.1. The van der Waals surface area contributed by atoms with E-state index in [0.29, 0.717) is 12.8 Å². The molecule has 5 heteroatoms. The first-order valence-corrected chi connectivity index (χ1v) is 9.26. The minimum absolute atomic E-state index is 0.0422. The Kier molecular flexibility index (Phi) is 9.15. The van der Waals surface area contributed by atoms with E-state index in [1.54, 1.807) is 0 Å². The number of esters is 1. The van der Waals surface area contributed by atoms with E-state index < -0.39 is 5.60 Å². The standard InChI is InChI=1S/C21H32N2O3/c1-6-7-14-25-19-10-8-17(9-11-19)15-18(12-13-22)23(5)16-20(24)26-21(2,3)4/h8-11,18H,6-7,12,14-16H2,1-5H3/t18-/m1/s1. The molecule has 0 radical (unpaired) electrons. The van der Waals surface area contributed by atoms with Crippen molar-refractivity contribution < 1.29 is 14.3 Å². The summed E-state index contributed by atoms with van der Waals surface area (Å²) in [5.41, 5.74) is 0.611. The third-order valence-corrected chi connectivity index (χ3v) is 3.91. The molecule has 0 aliphatic carbocycles. The average molecular weight is 360 g/mol. The summed E-state index contributed by atoms with van der Waals surface area (Å²) < 4.78 is 11.0. The second-order valence-corrected chi connectivity index (χ2v) is 7.57. The molecule has 0 saturated carbocycles. The molecule has 1 aromatic rings. The van der Waals surface area contributed by atoms with Crippen LogP contribution < -0.4 is 4.74 Å². The predicted octanol–water partition coefficient (Wildman–Crippen LogP) is 3.96. The van der Waals surface area contributed by atoms with Gasteiger partial charge in [0.15, 0.2) is 0 Å². The molecular weight excluding hydrogens is 328 g/mol. The van der Waals surface area contributed by atoms with Crippen molar-refractivity contribution >= 4 is 5.97 Å². The molecule has 0 fully saturated rings. The molecule has 0 aliphatic heterocycles. The van der Waals surface area contributed by atoms with Gasteiger partial charge in [0.25, 0.3) is 0 Å². The normalized spacial score (nSPS) is 12.5. The van der Waals surface area contributed by atoms with E-state index in [4.69, 9.17) is 14.7 Å². The number of hydrogen-bond acceptors (Lipinski definition) is 5. The highest BCUT2D eigenvalue weighted by Crippen LogP contribution is 2.17. The lowest BCUT2D eigenvalue weighted by molar-refractivity contribution is -0.156. The number of rotatable bonds is 10. The number of unbranched alkanes of at least 4 members (excludes halogenated alkanes) is 1. The van der Waals surface area contributed by atoms with Crippen molar-refractivity contribution in [2.45, 2.75) is 65.0 Å². The van der Waals surface area contributed by atoms with Crippen molar-refractivity contribution in [3.05, 3.63) is 29.8 Å². The Hall–Kier alpha value is -2.06. The van der Waals surface area contributed by atoms with Gasteiger partial charge in [-0.25, -0.2) is 0 Å². The summed E-state index contributed by atoms with van der Waals surface area (Å²) in [6.07, 6.45) is 3.20. The average Bonchev–Trinajstić information content (AvgIpc) is 2.54. The zero-order chi connectivity index (χ0) is 19.6. The van der Waals surface area contributed by atoms with Gasteiger partial charge in [-0.1, -0.05) is 25.5 Å². The highest BCUT2D eigenvalue weighted by Gasteiger charge is 2.22. The number of carbonyl (C=O) groups excluding carboxylic acids is 1. The van der Waals surface area contributed by atoms with Crippen molar-refractivity contribution in [1.29, 1.82) is 5.26 Å². The van der Waals surface area contributed by atoms with Gasteiger partial charge in [0.2, 0.25) is 0 Å². The van der Waals surface area contributed by atoms with Crippen LogP contribution in [0, 0.1) is 11.3 Å². The van der Waals surface area contributed by atoms with E-state index in [0.717, 1.165) is 30.8 Å². The fourth-order valence-electron chi connectivity index (χ4n) is 2.52. The Morgan fingerprint density at radius 3 is 2.46 bits per heavy atom. The van der Waals surface area contributed by atoms with Crippen LogP contribution in [0.3, 0.4) is 0 Å². The van der Waals surface area contributed by atoms with E-state index >= 15 is 0 Å². The van der Waals surface area contributed by atoms with Crippen LogP contribution in [0.25, 0.3) is 0 Å². The molecule has 0 bridgehead atoms. The van der Waals surface area contributed by atoms with E-state index in [1.807, 2.05) is 57.0 Å². The van der Waals surface area contributed by atoms with Gasteiger partial charge in [-0.3, -0.25) is 9.69 Å². The molecule has 0 saturated heterocycles. The third kappa shape index (κ3) is 8.87. The Morgan fingerprint density at radius 1 is 1.27 bits per heavy atom. The largest absolute Gasteiger partial charge is 0.494 e. The summed E-state index contributed by atoms with van der Waals surface area (Å²) in [5.74, 6) is 0.587. The Labute approximate surface area is 157 Å². The number of likely N-dealkylation sites (N-methyl/N-ethyl adjacent to an activating group) is 1. The van der Waals surface area contributed by atoms with Crippen LogP contribution in [0.15, 0.2) is 24.3 Å². The maximum atomic E-state index is 12.0. The smallest absolute Gasteiger partial charge is 0.320 e. The summed E-state index contributed by atoms with van der Waals surface area (Å²) in [4.78, 5) is 13.9. The Morgan fingerprint density at radius 2 is 1.92 bits per heavy atom. The highest BCUT2D eigenvalue weighted by molar-refractivity contribution is 5.72. The van der Waals surface area contributed by atoms with Crippen LogP contribution in [-0.2, 0) is 16.0 Å². The number of nitriles is 1. The van der Waals surface area contributed by atoms with Crippen LogP contribution in [-0.4, -0.2) is 42.7 Å². The van der Waals surface area contributed by atoms with Crippen LogP contribution in [0.4, 0.5) is 0 Å². The Balaban J connectivity index is 2.63. The van der Waals surface area contributed by atoms with Crippen molar-refractivity contribution in [3.8, 4) is 11.8 Å². The number of carbonyl (C=O) groups is 1. The van der Waals surface area contributed by atoms with Crippen LogP contribution in [0.1, 0.15) is 52.5 Å². The van der Waals surface area contributed by atoms with Gasteiger partial charge in [0.05, 0.1) is 25.6 Å². The lowest BCUT2D eigenvalue weighted by atomic mass is 10.0. The lowest BCUT2D eigenvalue weighted by Crippen LogP contribution is -2.39. The minimum Gasteiger partial charge on any atom is -0.494 e. The molecule has 0 heterocycles. The molecule has 1 aromatic carbocycles. The number of benzene rings is 1. The van der Waals surface area contributed by atoms with Crippen molar-refractivity contribution in [3.63, 3.8) is 0 Å². The molecule has 1 rings (SSSR count). The van der Waals surface area contributed by atoms with E-state index in [2.05, 4.69) is 13.0 Å². The summed E-state index contributed by atoms with van der Waals surface area (Å²) in [6.45, 7) is 8.58. The van der Waals surface area contributed by atoms with Crippen molar-refractivity contribution in [2.24, 2.45) is 0 Å². The topological polar surface area (TPSA) is 62.6 Å². The SMILES string of the molecule is CCCCOc1ccc(C[C@@H](CC#N)N(C)CC(=O)OC(C)(C)C)cc1. The van der Waals surface area contributed by atoms with E-state index in [9.17, 15) is 4.79 Å². The monoisotopic (exact) mass is 360 g/mol. The van der Waals surface area contributed by atoms with Crippen molar-refractivity contribution in [2.75, 3.05) is 20.2 Å². The zero-order valence-corrected chi connectivity index (χ0v) is 16.7. The van der Waals surface area contributed by atoms with Crippen molar-refractivity contribution in [1.82, 2.24) is 4.90 Å². The summed E-state index contributed by atoms with van der Waals surface area (Å²) >= 11 is 0. The quantitative estimate of drug-likeness (QED) is 0.467. The second-order valence-electron chi connectivity index (χ2n) is 7.57. The predicted molar refractivity (Wildman–Crippen MR) is 103 cm³/mol. The second kappa shape index (κ2) is 10.8. The molecular formula is C21H32N2O3. The number of hydrogen-bond donors (Lipinski definition) is 0. The molecule has 0 N–H and O–H groups in total. The van der Waals surface area contributed by atoms with E-state index in [1.165, 1.54) is 0 Å². The molecule has 144 valence electrons. The van der Waals surface area contributed by atoms with Gasteiger partial charge in [0, 0.05) is 6.04 Å². The van der Waals surface area contributed by atoms with Gasteiger partial charge >= 0.3 is 5.97 Å². The molecule has 0 unspecified atom stereocenters. The molecule has 1 atom stereocenters. The minimum atomic E-state index is -0.504. The first kappa shape index (κ1) is 22.0. The first-order valence-electron chi connectivity index (χ1n) is 9.26. The third-order valence-electron chi connectivity index (χ3n) is 3.91. The van der Waals surface area contributed by atoms with Gasteiger partial charge < -0.3 is 9.47 Å². The van der Waals surface area contributed by atoms with Gasteiger partial charge in [-0.05, 0) is 58.4 Å². The molecule has 0 aromatic heterocycles. The fourth-order valence-corrected chi connectivity index (χ4v) is 2.52. The lowest BCUT2D eigenvalue weighted by Gasteiger charge is -2.27. The fraction of sp³-hybridized carbons (Fsp3) is 0.619. The van der Waals surface area contributed by atoms with Crippen LogP contribution >= 0.6 is 0 Å². The van der Waals surface area contributed by atoms with Gasteiger partial charge in [0.1, 0.15) is 11.4 Å². The van der Waals surface area contributed by atoms with Gasteiger partial charge in [-0.2, -0.15) is 5.26 Å². The highest BCUT2D eigenvalue weighted by atomic mass is 16.6.